The molecule has 0 aliphatic heterocycles. The second kappa shape index (κ2) is 69.3. The third kappa shape index (κ3) is 66.6. The van der Waals surface area contributed by atoms with E-state index in [1.807, 2.05) is 0 Å². The first kappa shape index (κ1) is 77.8. The lowest BCUT2D eigenvalue weighted by Gasteiger charge is -2.18. The molecule has 0 heterocycles. The number of unbranched alkanes of at least 4 members (excludes halogenated alkanes) is 31. The topological polar surface area (TPSA) is 78.9 Å². The van der Waals surface area contributed by atoms with Crippen molar-refractivity contribution in [1.29, 1.82) is 0 Å². The summed E-state index contributed by atoms with van der Waals surface area (Å²) in [7, 11) is 0. The van der Waals surface area contributed by atoms with Gasteiger partial charge in [0.05, 0.1) is 0 Å². The summed E-state index contributed by atoms with van der Waals surface area (Å²) < 4.78 is 16.9. The fraction of sp³-hybridized carbons (Fsp3) is 0.697. The molecule has 0 aromatic rings. The van der Waals surface area contributed by atoms with Gasteiger partial charge in [-0.3, -0.25) is 14.4 Å². The molecule has 6 nitrogen and oxygen atoms in total. The standard InChI is InChI=1S/C76H128O6/c1-4-7-10-13-16-19-22-24-26-28-30-32-33-34-35-36-37-38-39-40-41-42-43-45-46-48-50-52-54-57-60-63-66-69-75(78)81-72-73(71-80-74(77)68-65-62-59-56-21-18-15-12-9-6-3)82-76(79)70-67-64-61-58-55-53-51-49-47-44-31-29-27-25-23-20-17-14-11-8-5-2/h8,11-12,15,17,20,22,24-25,27-28,30-31,33-34,44,49,51,55,58,73H,4-7,9-10,13-14,16,18-19,21,23,26,29,32,35-43,45-48,50,52-54,56-57,59-72H2,1-3H3/b11-8-,15-12-,20-17-,24-22-,27-25-,30-28-,34-33-,44-31-,51-49-,58-55-. The molecule has 0 bridgehead atoms. The number of rotatable bonds is 62. The fourth-order valence-corrected chi connectivity index (χ4v) is 9.52. The summed E-state index contributed by atoms with van der Waals surface area (Å²) in [5, 5.41) is 0. The lowest BCUT2D eigenvalue weighted by Crippen LogP contribution is -2.30. The quantitative estimate of drug-likeness (QED) is 0.0261. The largest absolute Gasteiger partial charge is 0.462 e. The number of carbonyl (C=O) groups excluding carboxylic acids is 3. The molecule has 1 atom stereocenters. The highest BCUT2D eigenvalue weighted by molar-refractivity contribution is 5.71. The maximum atomic E-state index is 12.9. The molecule has 0 aliphatic carbocycles. The first-order valence-electron chi connectivity index (χ1n) is 34.5. The van der Waals surface area contributed by atoms with E-state index in [0.717, 1.165) is 122 Å². The minimum Gasteiger partial charge on any atom is -0.462 e. The van der Waals surface area contributed by atoms with Crippen molar-refractivity contribution in [2.45, 2.75) is 329 Å². The predicted octanol–water partition coefficient (Wildman–Crippen LogP) is 23.9. The molecular weight excluding hydrogens is 1010 g/mol. The van der Waals surface area contributed by atoms with Gasteiger partial charge >= 0.3 is 17.9 Å². The van der Waals surface area contributed by atoms with Crippen LogP contribution >= 0.6 is 0 Å². The molecule has 0 radical (unpaired) electrons. The molecule has 82 heavy (non-hydrogen) atoms. The van der Waals surface area contributed by atoms with Crippen molar-refractivity contribution < 1.29 is 28.6 Å². The van der Waals surface area contributed by atoms with Crippen LogP contribution in [-0.4, -0.2) is 37.2 Å². The van der Waals surface area contributed by atoms with Crippen molar-refractivity contribution in [1.82, 2.24) is 0 Å². The van der Waals surface area contributed by atoms with Crippen molar-refractivity contribution in [2.75, 3.05) is 13.2 Å². The van der Waals surface area contributed by atoms with Crippen molar-refractivity contribution in [3.63, 3.8) is 0 Å². The Labute approximate surface area is 507 Å². The molecule has 0 aromatic heterocycles. The summed E-state index contributed by atoms with van der Waals surface area (Å²) in [4.78, 5) is 38.3. The highest BCUT2D eigenvalue weighted by Crippen LogP contribution is 2.17. The van der Waals surface area contributed by atoms with Gasteiger partial charge in [0.15, 0.2) is 6.10 Å². The van der Waals surface area contributed by atoms with Gasteiger partial charge < -0.3 is 14.2 Å². The third-order valence-electron chi connectivity index (χ3n) is 14.7. The Kier molecular flexibility index (Phi) is 65.8. The van der Waals surface area contributed by atoms with Crippen LogP contribution in [-0.2, 0) is 28.6 Å². The minimum atomic E-state index is -0.807. The van der Waals surface area contributed by atoms with Crippen LogP contribution in [0.25, 0.3) is 0 Å². The Bertz CT molecular complexity index is 1690. The Morgan fingerprint density at radius 3 is 0.829 bits per heavy atom. The summed E-state index contributed by atoms with van der Waals surface area (Å²) in [6.07, 6.45) is 96.7. The Morgan fingerprint density at radius 1 is 0.256 bits per heavy atom. The van der Waals surface area contributed by atoms with Crippen LogP contribution in [0.3, 0.4) is 0 Å². The van der Waals surface area contributed by atoms with E-state index in [2.05, 4.69) is 142 Å². The van der Waals surface area contributed by atoms with Gasteiger partial charge in [0.1, 0.15) is 13.2 Å². The van der Waals surface area contributed by atoms with Crippen molar-refractivity contribution in [3.8, 4) is 0 Å². The van der Waals surface area contributed by atoms with Crippen molar-refractivity contribution in [3.05, 3.63) is 122 Å². The van der Waals surface area contributed by atoms with E-state index in [1.165, 1.54) is 154 Å². The van der Waals surface area contributed by atoms with E-state index in [4.69, 9.17) is 14.2 Å². The number of carbonyl (C=O) groups is 3. The van der Waals surface area contributed by atoms with Crippen LogP contribution in [0.15, 0.2) is 122 Å². The Morgan fingerprint density at radius 2 is 0.500 bits per heavy atom. The second-order valence-corrected chi connectivity index (χ2v) is 22.7. The summed E-state index contributed by atoms with van der Waals surface area (Å²) in [6, 6.07) is 0. The zero-order chi connectivity index (χ0) is 59.2. The van der Waals surface area contributed by atoms with Crippen molar-refractivity contribution >= 4 is 17.9 Å². The summed E-state index contributed by atoms with van der Waals surface area (Å²) in [6.45, 7) is 6.43. The zero-order valence-corrected chi connectivity index (χ0v) is 53.7. The van der Waals surface area contributed by atoms with Gasteiger partial charge in [-0.15, -0.1) is 0 Å². The van der Waals surface area contributed by atoms with Gasteiger partial charge in [-0.05, 0) is 128 Å². The van der Waals surface area contributed by atoms with Crippen LogP contribution < -0.4 is 0 Å². The maximum Gasteiger partial charge on any atom is 0.306 e. The number of hydrogen-bond donors (Lipinski definition) is 0. The molecule has 0 saturated carbocycles. The van der Waals surface area contributed by atoms with Gasteiger partial charge in [-0.25, -0.2) is 0 Å². The predicted molar refractivity (Wildman–Crippen MR) is 357 cm³/mol. The highest BCUT2D eigenvalue weighted by Gasteiger charge is 2.19. The monoisotopic (exact) mass is 1140 g/mol. The van der Waals surface area contributed by atoms with Crippen LogP contribution in [0.4, 0.5) is 0 Å². The fourth-order valence-electron chi connectivity index (χ4n) is 9.52. The molecule has 0 amide bonds. The SMILES string of the molecule is CC/C=C\C/C=C\C/C=C\C/C=C\C/C=C\C/C=C\CCCCC(=O)OC(COC(=O)CCCCCCC/C=C\CCC)COC(=O)CCCCCCCCCCCCCCCCCCCC/C=C\C/C=C\C/C=C\CCCCCCC. The van der Waals surface area contributed by atoms with Gasteiger partial charge in [0, 0.05) is 19.3 Å². The molecule has 0 N–H and O–H groups in total. The van der Waals surface area contributed by atoms with Crippen LogP contribution in [0.2, 0.25) is 0 Å². The van der Waals surface area contributed by atoms with E-state index in [-0.39, 0.29) is 37.5 Å². The smallest absolute Gasteiger partial charge is 0.306 e. The normalized spacial score (nSPS) is 12.9. The van der Waals surface area contributed by atoms with Crippen molar-refractivity contribution in [2.24, 2.45) is 0 Å². The molecule has 0 aliphatic rings. The molecule has 468 valence electrons. The summed E-state index contributed by atoms with van der Waals surface area (Å²) in [5.74, 6) is -0.947. The Hall–Kier alpha value is -4.19. The number of allylic oxidation sites excluding steroid dienone is 20. The molecule has 0 spiro atoms. The first-order chi connectivity index (χ1) is 40.5. The number of esters is 3. The second-order valence-electron chi connectivity index (χ2n) is 22.7. The van der Waals surface area contributed by atoms with Crippen LogP contribution in [0.1, 0.15) is 323 Å². The molecule has 1 unspecified atom stereocenters. The maximum absolute atomic E-state index is 12.9. The van der Waals surface area contributed by atoms with Crippen LogP contribution in [0, 0.1) is 0 Å². The summed E-state index contributed by atoms with van der Waals surface area (Å²) in [5.41, 5.74) is 0. The van der Waals surface area contributed by atoms with E-state index in [9.17, 15) is 14.4 Å². The summed E-state index contributed by atoms with van der Waals surface area (Å²) >= 11 is 0. The number of hydrogen-bond acceptors (Lipinski definition) is 6. The molecule has 0 rings (SSSR count). The Balaban J connectivity index is 4.19. The van der Waals surface area contributed by atoms with E-state index in [0.29, 0.717) is 19.3 Å². The van der Waals surface area contributed by atoms with E-state index < -0.39 is 6.10 Å². The van der Waals surface area contributed by atoms with Gasteiger partial charge in [-0.1, -0.05) is 296 Å². The van der Waals surface area contributed by atoms with E-state index >= 15 is 0 Å². The molecule has 0 saturated heterocycles. The third-order valence-corrected chi connectivity index (χ3v) is 14.7. The van der Waals surface area contributed by atoms with E-state index in [1.54, 1.807) is 0 Å². The number of ether oxygens (including phenoxy) is 3. The van der Waals surface area contributed by atoms with Gasteiger partial charge in [-0.2, -0.15) is 0 Å². The van der Waals surface area contributed by atoms with Gasteiger partial charge in [0.2, 0.25) is 0 Å². The average molecular weight is 1140 g/mol. The molecule has 0 fully saturated rings. The van der Waals surface area contributed by atoms with Crippen LogP contribution in [0.5, 0.6) is 0 Å². The zero-order valence-electron chi connectivity index (χ0n) is 53.7. The van der Waals surface area contributed by atoms with Gasteiger partial charge in [0.25, 0.3) is 0 Å². The highest BCUT2D eigenvalue weighted by atomic mass is 16.6. The lowest BCUT2D eigenvalue weighted by atomic mass is 10.0. The molecule has 6 heteroatoms. The lowest BCUT2D eigenvalue weighted by molar-refractivity contribution is -0.167. The molecular formula is C76H128O6. The molecule has 0 aromatic carbocycles. The minimum absolute atomic E-state index is 0.0986. The first-order valence-corrected chi connectivity index (χ1v) is 34.5. The average Bonchev–Trinajstić information content (AvgIpc) is 3.47.